The van der Waals surface area contributed by atoms with Crippen molar-refractivity contribution in [1.82, 2.24) is 9.88 Å². The topological polar surface area (TPSA) is 69.2 Å². The minimum Gasteiger partial charge on any atom is -0.382 e. The Morgan fingerprint density at radius 2 is 2.11 bits per heavy atom. The lowest BCUT2D eigenvalue weighted by Crippen LogP contribution is -2.40. The first-order valence-electron chi connectivity index (χ1n) is 6.18. The highest BCUT2D eigenvalue weighted by Crippen LogP contribution is 2.14. The van der Waals surface area contributed by atoms with E-state index >= 15 is 0 Å². The van der Waals surface area contributed by atoms with E-state index in [-0.39, 0.29) is 5.84 Å². The summed E-state index contributed by atoms with van der Waals surface area (Å²) in [5.74, 6) is 0.882. The van der Waals surface area contributed by atoms with Crippen molar-refractivity contribution >= 4 is 11.7 Å². The molecular weight excluding hydrogens is 226 g/mol. The van der Waals surface area contributed by atoms with Gasteiger partial charge in [-0.25, -0.2) is 4.98 Å². The second-order valence-corrected chi connectivity index (χ2v) is 4.69. The van der Waals surface area contributed by atoms with Gasteiger partial charge in [0.05, 0.1) is 0 Å². The van der Waals surface area contributed by atoms with Crippen molar-refractivity contribution in [3.05, 3.63) is 23.9 Å². The Kier molecular flexibility index (Phi) is 5.09. The van der Waals surface area contributed by atoms with Crippen LogP contribution in [0.25, 0.3) is 0 Å². The second-order valence-electron chi connectivity index (χ2n) is 4.69. The van der Waals surface area contributed by atoms with E-state index in [9.17, 15) is 0 Å². The van der Waals surface area contributed by atoms with E-state index in [1.54, 1.807) is 6.07 Å². The molecule has 0 fully saturated rings. The van der Waals surface area contributed by atoms with E-state index in [2.05, 4.69) is 42.7 Å². The van der Waals surface area contributed by atoms with E-state index in [1.165, 1.54) is 0 Å². The van der Waals surface area contributed by atoms with Crippen LogP contribution in [0.2, 0.25) is 0 Å². The predicted molar refractivity (Wildman–Crippen MR) is 76.3 cm³/mol. The quantitative estimate of drug-likeness (QED) is 0.586. The third-order valence-electron chi connectivity index (χ3n) is 2.81. The van der Waals surface area contributed by atoms with Crippen molar-refractivity contribution in [2.75, 3.05) is 32.1 Å². The Balaban J connectivity index is 2.94. The first kappa shape index (κ1) is 14.4. The molecule has 0 aromatic carbocycles. The minimum absolute atomic E-state index is 0.00756. The summed E-state index contributed by atoms with van der Waals surface area (Å²) >= 11 is 0. The molecule has 3 N–H and O–H groups in total. The number of likely N-dealkylation sites (N-methyl/N-ethyl adjacent to an activating group) is 2. The molecule has 1 rings (SSSR count). The number of nitrogens with two attached hydrogens (primary N) is 1. The fourth-order valence-electron chi connectivity index (χ4n) is 2.06. The fraction of sp³-hybridized carbons (Fsp3) is 0.538. The Morgan fingerprint density at radius 1 is 1.44 bits per heavy atom. The van der Waals surface area contributed by atoms with Crippen LogP contribution >= 0.6 is 0 Å². The number of amidine groups is 1. The molecule has 100 valence electrons. The summed E-state index contributed by atoms with van der Waals surface area (Å²) < 4.78 is 0. The van der Waals surface area contributed by atoms with Crippen molar-refractivity contribution in [2.24, 2.45) is 5.73 Å². The molecule has 0 saturated carbocycles. The fourth-order valence-corrected chi connectivity index (χ4v) is 2.06. The van der Waals surface area contributed by atoms with Gasteiger partial charge in [-0.15, -0.1) is 0 Å². The van der Waals surface area contributed by atoms with Crippen molar-refractivity contribution in [2.45, 2.75) is 19.9 Å². The molecule has 0 aliphatic heterocycles. The average Bonchev–Trinajstić information content (AvgIpc) is 2.29. The van der Waals surface area contributed by atoms with E-state index < -0.39 is 0 Å². The predicted octanol–water partition coefficient (Wildman–Crippen LogP) is 1.14. The van der Waals surface area contributed by atoms with Crippen molar-refractivity contribution in [1.29, 1.82) is 5.41 Å². The van der Waals surface area contributed by atoms with E-state index in [0.29, 0.717) is 11.7 Å². The van der Waals surface area contributed by atoms with Crippen molar-refractivity contribution in [3.8, 4) is 0 Å². The van der Waals surface area contributed by atoms with Crippen molar-refractivity contribution in [3.63, 3.8) is 0 Å². The Labute approximate surface area is 109 Å². The van der Waals surface area contributed by atoms with Crippen LogP contribution in [0.15, 0.2) is 18.2 Å². The molecule has 18 heavy (non-hydrogen) atoms. The SMILES string of the molecule is CCN(c1cccc(C(=N)N)n1)C(C)CN(C)C. The number of hydrogen-bond acceptors (Lipinski definition) is 4. The molecule has 0 bridgehead atoms. The number of rotatable bonds is 6. The van der Waals surface area contributed by atoms with Gasteiger partial charge in [0.25, 0.3) is 0 Å². The Morgan fingerprint density at radius 3 is 2.61 bits per heavy atom. The molecule has 0 amide bonds. The number of nitrogens with one attached hydrogen (secondary N) is 1. The summed E-state index contributed by atoms with van der Waals surface area (Å²) in [4.78, 5) is 8.80. The molecule has 5 heteroatoms. The maximum atomic E-state index is 7.44. The molecule has 0 spiro atoms. The smallest absolute Gasteiger partial charge is 0.141 e. The first-order chi connectivity index (χ1) is 8.45. The number of aromatic nitrogens is 1. The van der Waals surface area contributed by atoms with E-state index in [4.69, 9.17) is 11.1 Å². The molecule has 1 aromatic rings. The van der Waals surface area contributed by atoms with Crippen molar-refractivity contribution < 1.29 is 0 Å². The van der Waals surface area contributed by atoms with Gasteiger partial charge in [0.15, 0.2) is 0 Å². The van der Waals surface area contributed by atoms with Crippen LogP contribution in [0.5, 0.6) is 0 Å². The van der Waals surface area contributed by atoms with Gasteiger partial charge in [-0.1, -0.05) is 6.07 Å². The summed E-state index contributed by atoms with van der Waals surface area (Å²) in [5.41, 5.74) is 6.01. The standard InChI is InChI=1S/C13H23N5/c1-5-18(10(2)9-17(3)4)12-8-6-7-11(16-12)13(14)15/h6-8,10H,5,9H2,1-4H3,(H3,14,15). The normalized spacial score (nSPS) is 12.5. The summed E-state index contributed by atoms with van der Waals surface area (Å²) in [5, 5.41) is 7.44. The van der Waals surface area contributed by atoms with Crippen LogP contribution in [0.3, 0.4) is 0 Å². The molecule has 5 nitrogen and oxygen atoms in total. The zero-order valence-electron chi connectivity index (χ0n) is 11.6. The lowest BCUT2D eigenvalue weighted by Gasteiger charge is -2.31. The second kappa shape index (κ2) is 6.35. The number of nitrogens with zero attached hydrogens (tertiary/aromatic N) is 3. The highest BCUT2D eigenvalue weighted by molar-refractivity contribution is 5.93. The number of hydrogen-bond donors (Lipinski definition) is 2. The average molecular weight is 249 g/mol. The highest BCUT2D eigenvalue weighted by atomic mass is 15.2. The van der Waals surface area contributed by atoms with E-state index in [1.807, 2.05) is 12.1 Å². The van der Waals surface area contributed by atoms with Gasteiger partial charge in [0, 0.05) is 19.1 Å². The molecule has 0 aliphatic rings. The highest BCUT2D eigenvalue weighted by Gasteiger charge is 2.15. The van der Waals surface area contributed by atoms with E-state index in [0.717, 1.165) is 18.9 Å². The molecular formula is C13H23N5. The summed E-state index contributed by atoms with van der Waals surface area (Å²) in [6.45, 7) is 6.11. The third kappa shape index (κ3) is 3.70. The van der Waals surface area contributed by atoms with Gasteiger partial charge >= 0.3 is 0 Å². The first-order valence-corrected chi connectivity index (χ1v) is 6.18. The van der Waals surface area contributed by atoms with Crippen LogP contribution in [0, 0.1) is 5.41 Å². The van der Waals surface area contributed by atoms with Gasteiger partial charge < -0.3 is 15.5 Å². The molecule has 0 aliphatic carbocycles. The number of pyridine rings is 1. The maximum absolute atomic E-state index is 7.44. The zero-order chi connectivity index (χ0) is 13.7. The Hall–Kier alpha value is -1.62. The number of nitrogen functional groups attached to an aromatic ring is 1. The van der Waals surface area contributed by atoms with Gasteiger partial charge in [0.2, 0.25) is 0 Å². The monoisotopic (exact) mass is 249 g/mol. The van der Waals surface area contributed by atoms with Gasteiger partial charge in [-0.05, 0) is 40.1 Å². The van der Waals surface area contributed by atoms with Crippen LogP contribution in [0.4, 0.5) is 5.82 Å². The largest absolute Gasteiger partial charge is 0.382 e. The molecule has 1 atom stereocenters. The number of anilines is 1. The van der Waals surface area contributed by atoms with Crippen LogP contribution in [-0.2, 0) is 0 Å². The van der Waals surface area contributed by atoms with Crippen LogP contribution in [0.1, 0.15) is 19.5 Å². The van der Waals surface area contributed by atoms with Gasteiger partial charge in [-0.2, -0.15) is 0 Å². The lowest BCUT2D eigenvalue weighted by atomic mass is 10.2. The van der Waals surface area contributed by atoms with Crippen LogP contribution in [-0.4, -0.2) is 48.9 Å². The summed E-state index contributed by atoms with van der Waals surface area (Å²) in [6, 6.07) is 5.97. The lowest BCUT2D eigenvalue weighted by molar-refractivity contribution is 0.372. The van der Waals surface area contributed by atoms with Gasteiger partial charge in [-0.3, -0.25) is 5.41 Å². The molecule has 1 heterocycles. The molecule has 0 saturated heterocycles. The zero-order valence-corrected chi connectivity index (χ0v) is 11.6. The summed E-state index contributed by atoms with van der Waals surface area (Å²) in [7, 11) is 4.12. The minimum atomic E-state index is 0.00756. The molecule has 1 unspecified atom stereocenters. The molecule has 0 radical (unpaired) electrons. The Bertz CT molecular complexity index is 402. The maximum Gasteiger partial charge on any atom is 0.141 e. The van der Waals surface area contributed by atoms with Gasteiger partial charge in [0.1, 0.15) is 17.3 Å². The third-order valence-corrected chi connectivity index (χ3v) is 2.81. The molecule has 1 aromatic heterocycles. The summed E-state index contributed by atoms with van der Waals surface area (Å²) in [6.07, 6.45) is 0. The van der Waals surface area contributed by atoms with Crippen LogP contribution < -0.4 is 10.6 Å².